The highest BCUT2D eigenvalue weighted by Gasteiger charge is 2.44. The van der Waals surface area contributed by atoms with Crippen molar-refractivity contribution in [2.24, 2.45) is 0 Å². The van der Waals surface area contributed by atoms with Crippen LogP contribution in [0.4, 0.5) is 0 Å². The lowest BCUT2D eigenvalue weighted by Gasteiger charge is -2.39. The predicted molar refractivity (Wildman–Crippen MR) is 99.4 cm³/mol. The molecule has 0 saturated carbocycles. The molecule has 9 nitrogen and oxygen atoms in total. The first kappa shape index (κ1) is 23.0. The third-order valence-electron chi connectivity index (χ3n) is 4.57. The highest BCUT2D eigenvalue weighted by Crippen LogP contribution is 2.27. The van der Waals surface area contributed by atoms with Crippen LogP contribution in [0.15, 0.2) is 18.2 Å². The molecule has 0 aliphatic carbocycles. The number of β-amino-alcohol motifs (C(OH)–C–C–N with tert-alkyl or cyclic N) is 1. The quantitative estimate of drug-likeness (QED) is 0.309. The predicted octanol–water partition coefficient (Wildman–Crippen LogP) is -0.870. The third kappa shape index (κ3) is 5.85. The fraction of sp³-hybridized carbons (Fsp3) is 0.684. The van der Waals surface area contributed by atoms with Crippen LogP contribution in [0.2, 0.25) is 0 Å². The molecule has 0 amide bonds. The van der Waals surface area contributed by atoms with Crippen molar-refractivity contribution in [3.63, 3.8) is 0 Å². The molecule has 9 heteroatoms. The van der Waals surface area contributed by atoms with Crippen molar-refractivity contribution in [3.05, 3.63) is 29.3 Å². The number of aliphatic hydroxyl groups is 5. The Labute approximate surface area is 164 Å². The maximum Gasteiger partial charge on any atom is 0.187 e. The van der Waals surface area contributed by atoms with Crippen LogP contribution < -0.4 is 5.32 Å². The number of benzene rings is 1. The molecular formula is C19H31NO8. The topological polar surface area (TPSA) is 152 Å². The first-order chi connectivity index (χ1) is 13.0. The second-order valence-electron chi connectivity index (χ2n) is 8.04. The number of nitrogens with one attached hydrogen (secondary N) is 1. The minimum absolute atomic E-state index is 0.0654. The minimum atomic E-state index is -1.54. The normalized spacial score (nSPS) is 29.6. The summed E-state index contributed by atoms with van der Waals surface area (Å²) in [6.07, 6.45) is -7.71. The molecule has 0 spiro atoms. The lowest BCUT2D eigenvalue weighted by Crippen LogP contribution is -2.59. The van der Waals surface area contributed by atoms with Crippen molar-refractivity contribution < 1.29 is 40.1 Å². The fourth-order valence-electron chi connectivity index (χ4n) is 2.83. The molecule has 1 saturated heterocycles. The Morgan fingerprint density at radius 2 is 1.82 bits per heavy atom. The Kier molecular flexibility index (Phi) is 7.77. The van der Waals surface area contributed by atoms with E-state index < -0.39 is 43.4 Å². The van der Waals surface area contributed by atoms with Crippen molar-refractivity contribution in [2.45, 2.75) is 69.7 Å². The van der Waals surface area contributed by atoms with Crippen LogP contribution in [0.3, 0.4) is 0 Å². The maximum absolute atomic E-state index is 10.4. The number of hydrogen-bond acceptors (Lipinski definition) is 9. The van der Waals surface area contributed by atoms with E-state index in [0.29, 0.717) is 17.7 Å². The summed E-state index contributed by atoms with van der Waals surface area (Å²) in [7, 11) is 0. The highest BCUT2D eigenvalue weighted by atomic mass is 16.7. The first-order valence-corrected chi connectivity index (χ1v) is 9.20. The summed E-state index contributed by atoms with van der Waals surface area (Å²) in [5.41, 5.74) is 0.763. The van der Waals surface area contributed by atoms with E-state index in [1.54, 1.807) is 12.1 Å². The molecule has 0 bridgehead atoms. The van der Waals surface area contributed by atoms with Gasteiger partial charge >= 0.3 is 0 Å². The molecule has 1 aromatic carbocycles. The number of aliphatic hydroxyl groups excluding tert-OH is 5. The number of phenolic OH excluding ortho intramolecular Hbond substituents is 1. The molecule has 28 heavy (non-hydrogen) atoms. The Hall–Kier alpha value is -1.30. The van der Waals surface area contributed by atoms with Gasteiger partial charge < -0.3 is 45.4 Å². The minimum Gasteiger partial charge on any atom is -0.508 e. The number of rotatable bonds is 7. The van der Waals surface area contributed by atoms with Crippen LogP contribution >= 0.6 is 0 Å². The molecule has 1 aliphatic rings. The van der Waals surface area contributed by atoms with E-state index in [9.17, 15) is 30.6 Å². The molecule has 7 N–H and O–H groups in total. The first-order valence-electron chi connectivity index (χ1n) is 9.20. The lowest BCUT2D eigenvalue weighted by atomic mass is 9.99. The number of aromatic hydroxyl groups is 1. The van der Waals surface area contributed by atoms with E-state index in [1.165, 1.54) is 6.07 Å². The molecule has 6 atom stereocenters. The number of phenols is 1. The molecule has 2 unspecified atom stereocenters. The van der Waals surface area contributed by atoms with E-state index in [2.05, 4.69) is 5.32 Å². The van der Waals surface area contributed by atoms with Crippen LogP contribution in [-0.4, -0.2) is 80.0 Å². The average molecular weight is 401 g/mol. The zero-order chi connectivity index (χ0) is 21.1. The van der Waals surface area contributed by atoms with Crippen molar-refractivity contribution in [3.8, 4) is 5.75 Å². The molecule has 1 fully saturated rings. The smallest absolute Gasteiger partial charge is 0.187 e. The summed E-state index contributed by atoms with van der Waals surface area (Å²) in [5, 5.41) is 62.4. The summed E-state index contributed by atoms with van der Waals surface area (Å²) >= 11 is 0. The SMILES string of the molecule is CC(C)(C)NCC(O)c1ccc(O)c(COC2O[C@H](CO)[C@H](O)[C@H](O)[C@H]2O)c1. The molecule has 1 aliphatic heterocycles. The molecule has 0 radical (unpaired) electrons. The van der Waals surface area contributed by atoms with Crippen LogP contribution in [0.5, 0.6) is 5.75 Å². The Balaban J connectivity index is 2.03. The third-order valence-corrected chi connectivity index (χ3v) is 4.57. The van der Waals surface area contributed by atoms with Crippen LogP contribution in [0.25, 0.3) is 0 Å². The Morgan fingerprint density at radius 3 is 2.43 bits per heavy atom. The molecular weight excluding hydrogens is 370 g/mol. The standard InChI is InChI=1S/C19H31NO8/c1-19(2,3)20-7-13(23)10-4-5-12(22)11(6-10)9-27-18-17(26)16(25)15(24)14(8-21)28-18/h4-6,13-18,20-26H,7-9H2,1-3H3/t13?,14-,15+,16+,17-,18?/m1/s1. The van der Waals surface area contributed by atoms with Crippen LogP contribution in [-0.2, 0) is 16.1 Å². The van der Waals surface area contributed by atoms with E-state index in [1.807, 2.05) is 20.8 Å². The molecule has 1 heterocycles. The molecule has 160 valence electrons. The van der Waals surface area contributed by atoms with Gasteiger partial charge in [0.2, 0.25) is 0 Å². The fourth-order valence-corrected chi connectivity index (χ4v) is 2.83. The van der Waals surface area contributed by atoms with Crippen molar-refractivity contribution >= 4 is 0 Å². The second-order valence-corrected chi connectivity index (χ2v) is 8.04. The van der Waals surface area contributed by atoms with E-state index in [0.717, 1.165) is 0 Å². The second kappa shape index (κ2) is 9.47. The monoisotopic (exact) mass is 401 g/mol. The zero-order valence-corrected chi connectivity index (χ0v) is 16.3. The number of ether oxygens (including phenoxy) is 2. The number of hydrogen-bond donors (Lipinski definition) is 7. The van der Waals surface area contributed by atoms with Gasteiger partial charge in [0.15, 0.2) is 6.29 Å². The highest BCUT2D eigenvalue weighted by molar-refractivity contribution is 5.36. The maximum atomic E-state index is 10.4. The largest absolute Gasteiger partial charge is 0.508 e. The van der Waals surface area contributed by atoms with Crippen molar-refractivity contribution in [1.82, 2.24) is 5.32 Å². The molecule has 2 rings (SSSR count). The summed E-state index contributed by atoms with van der Waals surface area (Å²) in [5.74, 6) is -0.0654. The van der Waals surface area contributed by atoms with Gasteiger partial charge in [0.25, 0.3) is 0 Å². The molecule has 0 aromatic heterocycles. The summed E-state index contributed by atoms with van der Waals surface area (Å²) in [4.78, 5) is 0. The van der Waals surface area contributed by atoms with Crippen LogP contribution in [0, 0.1) is 0 Å². The summed E-state index contributed by atoms with van der Waals surface area (Å²) in [6, 6.07) is 4.61. The summed E-state index contributed by atoms with van der Waals surface area (Å²) in [6.45, 7) is 5.53. The van der Waals surface area contributed by atoms with E-state index in [-0.39, 0.29) is 17.9 Å². The van der Waals surface area contributed by atoms with Gasteiger partial charge in [-0.15, -0.1) is 0 Å². The van der Waals surface area contributed by atoms with Gasteiger partial charge in [-0.3, -0.25) is 0 Å². The van der Waals surface area contributed by atoms with Gasteiger partial charge in [0, 0.05) is 17.6 Å². The van der Waals surface area contributed by atoms with Gasteiger partial charge in [0.05, 0.1) is 19.3 Å². The van der Waals surface area contributed by atoms with Gasteiger partial charge in [-0.05, 0) is 38.5 Å². The van der Waals surface area contributed by atoms with Gasteiger partial charge in [-0.25, -0.2) is 0 Å². The lowest BCUT2D eigenvalue weighted by molar-refractivity contribution is -0.304. The Morgan fingerprint density at radius 1 is 1.14 bits per heavy atom. The molecule has 1 aromatic rings. The van der Waals surface area contributed by atoms with E-state index >= 15 is 0 Å². The van der Waals surface area contributed by atoms with Crippen molar-refractivity contribution in [1.29, 1.82) is 0 Å². The van der Waals surface area contributed by atoms with Gasteiger partial charge in [0.1, 0.15) is 30.2 Å². The average Bonchev–Trinajstić information content (AvgIpc) is 2.64. The van der Waals surface area contributed by atoms with Gasteiger partial charge in [-0.2, -0.15) is 0 Å². The Bertz CT molecular complexity index is 633. The summed E-state index contributed by atoms with van der Waals surface area (Å²) < 4.78 is 10.7. The zero-order valence-electron chi connectivity index (χ0n) is 16.3. The van der Waals surface area contributed by atoms with Crippen LogP contribution in [0.1, 0.15) is 38.0 Å². The van der Waals surface area contributed by atoms with Crippen molar-refractivity contribution in [2.75, 3.05) is 13.2 Å². The van der Waals surface area contributed by atoms with E-state index in [4.69, 9.17) is 9.47 Å². The van der Waals surface area contributed by atoms with Gasteiger partial charge in [-0.1, -0.05) is 6.07 Å².